The summed E-state index contributed by atoms with van der Waals surface area (Å²) in [5, 5.41) is 0. The molecule has 0 aromatic heterocycles. The van der Waals surface area contributed by atoms with Crippen molar-refractivity contribution in [3.05, 3.63) is 35.9 Å². The highest BCUT2D eigenvalue weighted by molar-refractivity contribution is 14.1. The third-order valence-electron chi connectivity index (χ3n) is 3.55. The molecule has 110 valence electrons. The number of alkyl halides is 1. The molecular formula is C15H20INO3. The quantitative estimate of drug-likeness (QED) is 0.450. The maximum Gasteiger partial charge on any atom is 0.325 e. The van der Waals surface area contributed by atoms with Crippen LogP contribution < -0.4 is 0 Å². The molecule has 1 aromatic rings. The highest BCUT2D eigenvalue weighted by Crippen LogP contribution is 2.25. The number of carbonyl (C=O) groups is 1. The molecule has 2 atom stereocenters. The van der Waals surface area contributed by atoms with Crippen molar-refractivity contribution >= 4 is 28.6 Å². The van der Waals surface area contributed by atoms with E-state index in [1.807, 2.05) is 18.2 Å². The normalized spacial score (nSPS) is 27.2. The largest absolute Gasteiger partial charge is 0.468 e. The Balaban J connectivity index is 2.15. The van der Waals surface area contributed by atoms with Crippen LogP contribution in [0.5, 0.6) is 0 Å². The molecule has 0 radical (unpaired) electrons. The fourth-order valence-electron chi connectivity index (χ4n) is 2.39. The van der Waals surface area contributed by atoms with Gasteiger partial charge in [0.05, 0.1) is 19.3 Å². The van der Waals surface area contributed by atoms with Gasteiger partial charge in [0.2, 0.25) is 0 Å². The van der Waals surface area contributed by atoms with Gasteiger partial charge in [0.1, 0.15) is 6.04 Å². The van der Waals surface area contributed by atoms with Crippen molar-refractivity contribution in [3.63, 3.8) is 0 Å². The number of nitrogens with zero attached hydrogens (tertiary/aromatic N) is 1. The number of methoxy groups -OCH3 is 1. The van der Waals surface area contributed by atoms with Crippen molar-refractivity contribution in [1.82, 2.24) is 4.90 Å². The summed E-state index contributed by atoms with van der Waals surface area (Å²) in [5.74, 6) is -0.226. The molecule has 0 aliphatic carbocycles. The number of carbonyl (C=O) groups excluding carboxylic acids is 1. The first-order valence-electron chi connectivity index (χ1n) is 6.64. The molecule has 0 bridgehead atoms. The predicted molar refractivity (Wildman–Crippen MR) is 85.9 cm³/mol. The summed E-state index contributed by atoms with van der Waals surface area (Å²) in [7, 11) is 1.43. The van der Waals surface area contributed by atoms with Crippen molar-refractivity contribution in [2.75, 3.05) is 24.7 Å². The van der Waals surface area contributed by atoms with E-state index < -0.39 is 0 Å². The topological polar surface area (TPSA) is 38.8 Å². The summed E-state index contributed by atoms with van der Waals surface area (Å²) in [6, 6.07) is 9.85. The fourth-order valence-corrected chi connectivity index (χ4v) is 2.85. The van der Waals surface area contributed by atoms with E-state index in [1.54, 1.807) is 0 Å². The van der Waals surface area contributed by atoms with Crippen molar-refractivity contribution < 1.29 is 14.3 Å². The number of ether oxygens (including phenoxy) is 2. The third-order valence-corrected chi connectivity index (χ3v) is 5.17. The zero-order valence-corrected chi connectivity index (χ0v) is 14.0. The van der Waals surface area contributed by atoms with Gasteiger partial charge in [-0.2, -0.15) is 0 Å². The van der Waals surface area contributed by atoms with Crippen molar-refractivity contribution in [2.45, 2.75) is 25.1 Å². The molecule has 0 saturated carbocycles. The number of rotatable bonds is 4. The second kappa shape index (κ2) is 6.87. The standard InChI is InChI=1S/C15H20INO3/c1-15(10-16)11-17(8-12-6-4-3-5-7-12)13(9-20-15)14(18)19-2/h3-7,13H,8-11H2,1-2H3/t13-,15?/m0/s1. The molecule has 0 N–H and O–H groups in total. The van der Waals surface area contributed by atoms with Gasteiger partial charge < -0.3 is 9.47 Å². The molecule has 1 aromatic carbocycles. The Labute approximate surface area is 133 Å². The first kappa shape index (κ1) is 15.7. The van der Waals surface area contributed by atoms with E-state index in [0.717, 1.165) is 17.5 Å². The molecule has 1 fully saturated rings. The first-order chi connectivity index (χ1) is 9.58. The van der Waals surface area contributed by atoms with E-state index in [4.69, 9.17) is 9.47 Å². The van der Waals surface area contributed by atoms with Crippen LogP contribution in [0.4, 0.5) is 0 Å². The highest BCUT2D eigenvalue weighted by Gasteiger charge is 2.40. The zero-order chi connectivity index (χ0) is 14.6. The Morgan fingerprint density at radius 1 is 1.50 bits per heavy atom. The van der Waals surface area contributed by atoms with Crippen LogP contribution in [0, 0.1) is 0 Å². The SMILES string of the molecule is COC(=O)[C@@H]1COC(C)(CI)CN1Cc1ccccc1. The van der Waals surface area contributed by atoms with E-state index in [2.05, 4.69) is 46.5 Å². The minimum atomic E-state index is -0.323. The maximum absolute atomic E-state index is 11.9. The fraction of sp³-hybridized carbons (Fsp3) is 0.533. The molecule has 1 aliphatic rings. The van der Waals surface area contributed by atoms with E-state index >= 15 is 0 Å². The average Bonchev–Trinajstić information content (AvgIpc) is 2.48. The van der Waals surface area contributed by atoms with Crippen LogP contribution in [0.3, 0.4) is 0 Å². The van der Waals surface area contributed by atoms with Crippen LogP contribution in [0.25, 0.3) is 0 Å². The smallest absolute Gasteiger partial charge is 0.325 e. The van der Waals surface area contributed by atoms with Gasteiger partial charge in [0.15, 0.2) is 0 Å². The van der Waals surface area contributed by atoms with Crippen LogP contribution in [-0.4, -0.2) is 47.2 Å². The Hall–Kier alpha value is -0.660. The van der Waals surface area contributed by atoms with Crippen LogP contribution in [0.2, 0.25) is 0 Å². The summed E-state index contributed by atoms with van der Waals surface area (Å²) < 4.78 is 11.7. The number of benzene rings is 1. The van der Waals surface area contributed by atoms with Crippen LogP contribution in [0.15, 0.2) is 30.3 Å². The molecule has 2 rings (SSSR count). The lowest BCUT2D eigenvalue weighted by atomic mass is 10.0. The van der Waals surface area contributed by atoms with Gasteiger partial charge in [-0.25, -0.2) is 0 Å². The van der Waals surface area contributed by atoms with Gasteiger partial charge in [-0.05, 0) is 12.5 Å². The molecule has 1 heterocycles. The first-order valence-corrected chi connectivity index (χ1v) is 8.16. The average molecular weight is 389 g/mol. The minimum Gasteiger partial charge on any atom is -0.468 e. The lowest BCUT2D eigenvalue weighted by Gasteiger charge is -2.43. The second-order valence-corrected chi connectivity index (χ2v) is 6.09. The molecule has 1 aliphatic heterocycles. The van der Waals surface area contributed by atoms with E-state index in [0.29, 0.717) is 6.61 Å². The molecular weight excluding hydrogens is 369 g/mol. The lowest BCUT2D eigenvalue weighted by molar-refractivity contribution is -0.165. The number of morpholine rings is 1. The monoisotopic (exact) mass is 389 g/mol. The van der Waals surface area contributed by atoms with Gasteiger partial charge >= 0.3 is 5.97 Å². The van der Waals surface area contributed by atoms with Crippen LogP contribution >= 0.6 is 22.6 Å². The minimum absolute atomic E-state index is 0.208. The van der Waals surface area contributed by atoms with Crippen molar-refractivity contribution in [3.8, 4) is 0 Å². The maximum atomic E-state index is 11.9. The molecule has 5 heteroatoms. The number of hydrogen-bond acceptors (Lipinski definition) is 4. The molecule has 1 unspecified atom stereocenters. The van der Waals surface area contributed by atoms with Gasteiger partial charge in [-0.1, -0.05) is 52.9 Å². The predicted octanol–water partition coefficient (Wildman–Crippen LogP) is 2.25. The van der Waals surface area contributed by atoms with Gasteiger partial charge in [0.25, 0.3) is 0 Å². The Kier molecular flexibility index (Phi) is 5.40. The van der Waals surface area contributed by atoms with Gasteiger partial charge in [-0.3, -0.25) is 9.69 Å². The van der Waals surface area contributed by atoms with E-state index in [9.17, 15) is 4.79 Å². The number of esters is 1. The van der Waals surface area contributed by atoms with Gasteiger partial charge in [0, 0.05) is 17.5 Å². The van der Waals surface area contributed by atoms with E-state index in [-0.39, 0.29) is 17.6 Å². The Morgan fingerprint density at radius 2 is 2.20 bits per heavy atom. The van der Waals surface area contributed by atoms with E-state index in [1.165, 1.54) is 12.7 Å². The summed E-state index contributed by atoms with van der Waals surface area (Å²) >= 11 is 2.33. The van der Waals surface area contributed by atoms with Gasteiger partial charge in [-0.15, -0.1) is 0 Å². The highest BCUT2D eigenvalue weighted by atomic mass is 127. The summed E-state index contributed by atoms with van der Waals surface area (Å²) in [6.45, 7) is 3.94. The molecule has 4 nitrogen and oxygen atoms in total. The van der Waals surface area contributed by atoms with Crippen molar-refractivity contribution in [1.29, 1.82) is 0 Å². The third kappa shape index (κ3) is 3.71. The summed E-state index contributed by atoms with van der Waals surface area (Å²) in [4.78, 5) is 14.1. The summed E-state index contributed by atoms with van der Waals surface area (Å²) in [5.41, 5.74) is 0.985. The zero-order valence-electron chi connectivity index (χ0n) is 11.8. The molecule has 0 spiro atoms. The molecule has 20 heavy (non-hydrogen) atoms. The molecule has 0 amide bonds. The molecule has 1 saturated heterocycles. The Morgan fingerprint density at radius 3 is 2.80 bits per heavy atom. The summed E-state index contributed by atoms with van der Waals surface area (Å²) in [6.07, 6.45) is 0. The lowest BCUT2D eigenvalue weighted by Crippen LogP contribution is -2.58. The second-order valence-electron chi connectivity index (χ2n) is 5.32. The number of halogens is 1. The van der Waals surface area contributed by atoms with Crippen LogP contribution in [-0.2, 0) is 20.8 Å². The van der Waals surface area contributed by atoms with Crippen molar-refractivity contribution in [2.24, 2.45) is 0 Å². The Bertz CT molecular complexity index is 454. The number of hydrogen-bond donors (Lipinski definition) is 0. The van der Waals surface area contributed by atoms with Crippen LogP contribution in [0.1, 0.15) is 12.5 Å².